The van der Waals surface area contributed by atoms with Crippen LogP contribution in [0.3, 0.4) is 0 Å². The van der Waals surface area contributed by atoms with E-state index in [-0.39, 0.29) is 6.61 Å². The lowest BCUT2D eigenvalue weighted by Gasteiger charge is -2.39. The van der Waals surface area contributed by atoms with E-state index >= 15 is 0 Å². The topological polar surface area (TPSA) is 58.6 Å². The SMILES string of the molecule is O=C(O)[C@H](COc1ccc(Cl)cc1Cl)NC(c1ccccc1)(c1ccccc1)c1ccccc1. The molecule has 0 aromatic heterocycles. The molecule has 2 N–H and O–H groups in total. The van der Waals surface area contributed by atoms with Gasteiger partial charge in [-0.15, -0.1) is 0 Å². The van der Waals surface area contributed by atoms with Crippen molar-refractivity contribution in [3.05, 3.63) is 136 Å². The Bertz CT molecular complexity index is 1140. The molecular formula is C28H23Cl2NO3. The fraction of sp³-hybridized carbons (Fsp3) is 0.107. The zero-order chi connectivity index (χ0) is 24.0. The molecule has 0 heterocycles. The first-order chi connectivity index (χ1) is 16.5. The van der Waals surface area contributed by atoms with Crippen molar-refractivity contribution in [1.82, 2.24) is 5.32 Å². The number of hydrogen-bond donors (Lipinski definition) is 2. The third-order valence-corrected chi connectivity index (χ3v) is 6.14. The van der Waals surface area contributed by atoms with Crippen molar-refractivity contribution >= 4 is 29.2 Å². The second-order valence-corrected chi connectivity index (χ2v) is 8.61. The van der Waals surface area contributed by atoms with Crippen molar-refractivity contribution in [1.29, 1.82) is 0 Å². The summed E-state index contributed by atoms with van der Waals surface area (Å²) in [4.78, 5) is 12.4. The molecule has 0 aliphatic heterocycles. The fourth-order valence-corrected chi connectivity index (χ4v) is 4.48. The smallest absolute Gasteiger partial charge is 0.324 e. The van der Waals surface area contributed by atoms with Gasteiger partial charge >= 0.3 is 5.97 Å². The molecule has 0 saturated heterocycles. The lowest BCUT2D eigenvalue weighted by Crippen LogP contribution is -2.54. The Morgan fingerprint density at radius 1 is 0.794 bits per heavy atom. The van der Waals surface area contributed by atoms with Gasteiger partial charge in [0.2, 0.25) is 0 Å². The van der Waals surface area contributed by atoms with Crippen molar-refractivity contribution < 1.29 is 14.6 Å². The molecule has 4 rings (SSSR count). The van der Waals surface area contributed by atoms with E-state index in [2.05, 4.69) is 5.32 Å². The molecule has 0 saturated carbocycles. The Kier molecular flexibility index (Phi) is 7.53. The van der Waals surface area contributed by atoms with E-state index in [1.165, 1.54) is 0 Å². The second kappa shape index (κ2) is 10.7. The Labute approximate surface area is 208 Å². The Balaban J connectivity index is 1.79. The van der Waals surface area contributed by atoms with Crippen LogP contribution in [0.1, 0.15) is 16.7 Å². The number of halogens is 2. The van der Waals surface area contributed by atoms with E-state index in [4.69, 9.17) is 27.9 Å². The van der Waals surface area contributed by atoms with E-state index in [0.29, 0.717) is 15.8 Å². The normalized spacial score (nSPS) is 12.2. The van der Waals surface area contributed by atoms with Crippen molar-refractivity contribution in [2.75, 3.05) is 6.61 Å². The van der Waals surface area contributed by atoms with Crippen LogP contribution in [-0.2, 0) is 10.3 Å². The third-order valence-electron chi connectivity index (χ3n) is 5.61. The molecule has 172 valence electrons. The zero-order valence-electron chi connectivity index (χ0n) is 18.2. The van der Waals surface area contributed by atoms with Gasteiger partial charge in [-0.1, -0.05) is 114 Å². The van der Waals surface area contributed by atoms with Crippen LogP contribution in [0.15, 0.2) is 109 Å². The molecule has 0 bridgehead atoms. The molecule has 0 radical (unpaired) electrons. The number of benzene rings is 4. The molecule has 0 fully saturated rings. The van der Waals surface area contributed by atoms with Crippen LogP contribution >= 0.6 is 23.2 Å². The molecule has 34 heavy (non-hydrogen) atoms. The largest absolute Gasteiger partial charge is 0.490 e. The quantitative estimate of drug-likeness (QED) is 0.265. The van der Waals surface area contributed by atoms with Gasteiger partial charge in [0.1, 0.15) is 18.4 Å². The van der Waals surface area contributed by atoms with E-state index < -0.39 is 17.6 Å². The fourth-order valence-electron chi connectivity index (χ4n) is 4.02. The van der Waals surface area contributed by atoms with Crippen molar-refractivity contribution in [3.8, 4) is 5.75 Å². The molecule has 0 unspecified atom stereocenters. The van der Waals surface area contributed by atoms with Crippen molar-refractivity contribution in [2.45, 2.75) is 11.6 Å². The maximum absolute atomic E-state index is 12.4. The minimum Gasteiger partial charge on any atom is -0.490 e. The molecule has 6 heteroatoms. The first-order valence-electron chi connectivity index (χ1n) is 10.8. The molecule has 0 spiro atoms. The Morgan fingerprint density at radius 2 is 1.26 bits per heavy atom. The van der Waals surface area contributed by atoms with Gasteiger partial charge < -0.3 is 9.84 Å². The highest BCUT2D eigenvalue weighted by atomic mass is 35.5. The van der Waals surface area contributed by atoms with Crippen LogP contribution in [0.2, 0.25) is 10.0 Å². The van der Waals surface area contributed by atoms with Crippen LogP contribution < -0.4 is 10.1 Å². The molecule has 4 aromatic rings. The standard InChI is InChI=1S/C28H23Cl2NO3/c29-23-16-17-26(24(30)18-23)34-19-25(27(32)33)31-28(20-10-4-1-5-11-20,21-12-6-2-7-13-21)22-14-8-3-9-15-22/h1-18,25,31H,19H2,(H,32,33)/t25-/m0/s1. The summed E-state index contributed by atoms with van der Waals surface area (Å²) in [6.45, 7) is -0.148. The predicted octanol–water partition coefficient (Wildman–Crippen LogP) is 6.41. The van der Waals surface area contributed by atoms with Crippen molar-refractivity contribution in [2.24, 2.45) is 0 Å². The maximum atomic E-state index is 12.4. The van der Waals surface area contributed by atoms with Gasteiger partial charge in [-0.05, 0) is 34.9 Å². The minimum absolute atomic E-state index is 0.148. The van der Waals surface area contributed by atoms with Gasteiger partial charge in [0.15, 0.2) is 0 Å². The molecule has 4 nitrogen and oxygen atoms in total. The van der Waals surface area contributed by atoms with Crippen LogP contribution in [-0.4, -0.2) is 23.7 Å². The van der Waals surface area contributed by atoms with Crippen LogP contribution in [0.25, 0.3) is 0 Å². The average Bonchev–Trinajstić information content (AvgIpc) is 2.87. The van der Waals surface area contributed by atoms with Crippen LogP contribution in [0.4, 0.5) is 0 Å². The van der Waals surface area contributed by atoms with Crippen LogP contribution in [0.5, 0.6) is 5.75 Å². The number of carboxylic acids is 1. The molecule has 0 amide bonds. The summed E-state index contributed by atoms with van der Waals surface area (Å²) < 4.78 is 5.83. The number of carboxylic acid groups (broad SMARTS) is 1. The van der Waals surface area contributed by atoms with Gasteiger partial charge in [-0.3, -0.25) is 10.1 Å². The molecule has 0 aliphatic rings. The van der Waals surface area contributed by atoms with E-state index in [1.54, 1.807) is 18.2 Å². The first-order valence-corrected chi connectivity index (χ1v) is 11.5. The monoisotopic (exact) mass is 491 g/mol. The summed E-state index contributed by atoms with van der Waals surface area (Å²) in [7, 11) is 0. The lowest BCUT2D eigenvalue weighted by atomic mass is 9.76. The summed E-state index contributed by atoms with van der Waals surface area (Å²) in [5.74, 6) is -0.680. The predicted molar refractivity (Wildman–Crippen MR) is 136 cm³/mol. The van der Waals surface area contributed by atoms with Crippen molar-refractivity contribution in [3.63, 3.8) is 0 Å². The van der Waals surface area contributed by atoms with Gasteiger partial charge in [0, 0.05) is 5.02 Å². The maximum Gasteiger partial charge on any atom is 0.324 e. The van der Waals surface area contributed by atoms with Crippen LogP contribution in [0, 0.1) is 0 Å². The van der Waals surface area contributed by atoms with Gasteiger partial charge in [-0.2, -0.15) is 0 Å². The summed E-state index contributed by atoms with van der Waals surface area (Å²) in [6, 6.07) is 33.2. The minimum atomic E-state index is -1.06. The summed E-state index contributed by atoms with van der Waals surface area (Å²) in [5.41, 5.74) is 1.77. The van der Waals surface area contributed by atoms with E-state index in [1.807, 2.05) is 91.0 Å². The van der Waals surface area contributed by atoms with Gasteiger partial charge in [0.05, 0.1) is 10.6 Å². The summed E-state index contributed by atoms with van der Waals surface area (Å²) in [5, 5.41) is 14.4. The van der Waals surface area contributed by atoms with E-state index in [0.717, 1.165) is 16.7 Å². The third kappa shape index (κ3) is 5.10. The van der Waals surface area contributed by atoms with Gasteiger partial charge in [0.25, 0.3) is 0 Å². The highest BCUT2D eigenvalue weighted by Crippen LogP contribution is 2.37. The number of carbonyl (C=O) groups is 1. The number of nitrogens with one attached hydrogen (secondary N) is 1. The number of ether oxygens (including phenoxy) is 1. The van der Waals surface area contributed by atoms with Gasteiger partial charge in [-0.25, -0.2) is 0 Å². The zero-order valence-corrected chi connectivity index (χ0v) is 19.7. The highest BCUT2D eigenvalue weighted by Gasteiger charge is 2.40. The molecule has 1 atom stereocenters. The molecule has 4 aromatic carbocycles. The van der Waals surface area contributed by atoms with E-state index in [9.17, 15) is 9.90 Å². The average molecular weight is 492 g/mol. The number of rotatable bonds is 9. The first kappa shape index (κ1) is 23.8. The number of aliphatic carboxylic acids is 1. The highest BCUT2D eigenvalue weighted by molar-refractivity contribution is 6.35. The summed E-state index contributed by atoms with van der Waals surface area (Å²) >= 11 is 12.2. The second-order valence-electron chi connectivity index (χ2n) is 7.77. The number of hydrogen-bond acceptors (Lipinski definition) is 3. The summed E-state index contributed by atoms with van der Waals surface area (Å²) in [6.07, 6.45) is 0. The molecule has 0 aliphatic carbocycles. The Hall–Kier alpha value is -3.31. The lowest BCUT2D eigenvalue weighted by molar-refractivity contribution is -0.140. The molecular weight excluding hydrogens is 469 g/mol. The Morgan fingerprint density at radius 3 is 1.68 bits per heavy atom.